The third kappa shape index (κ3) is 5.49. The van der Waals surface area contributed by atoms with Crippen LogP contribution in [0.4, 0.5) is 23.0 Å². The number of pyridine rings is 1. The molecule has 1 saturated heterocycles. The lowest BCUT2D eigenvalue weighted by molar-refractivity contribution is -0.140. The Hall–Kier alpha value is -3.67. The number of nitrogens with one attached hydrogen (secondary N) is 1. The van der Waals surface area contributed by atoms with Gasteiger partial charge in [-0.15, -0.1) is 0 Å². The molecule has 1 fully saturated rings. The van der Waals surface area contributed by atoms with Gasteiger partial charge in [0.25, 0.3) is 5.91 Å². The summed E-state index contributed by atoms with van der Waals surface area (Å²) in [4.78, 5) is 44.5. The summed E-state index contributed by atoms with van der Waals surface area (Å²) in [5, 5.41) is 2.78. The van der Waals surface area contributed by atoms with Gasteiger partial charge in [-0.25, -0.2) is 9.78 Å². The number of rotatable bonds is 2. The third-order valence-corrected chi connectivity index (χ3v) is 7.90. The number of Topliss-reactive ketones (excluding diaryl/α,β-unsaturated/α-hetero) is 1. The summed E-state index contributed by atoms with van der Waals surface area (Å²) in [6, 6.07) is 7.48. The molecule has 0 atom stereocenters. The van der Waals surface area contributed by atoms with Gasteiger partial charge in [-0.1, -0.05) is 23.0 Å². The number of thiophene rings is 1. The van der Waals surface area contributed by atoms with E-state index in [1.807, 2.05) is 19.1 Å². The van der Waals surface area contributed by atoms with Crippen LogP contribution >= 0.6 is 11.3 Å². The maximum atomic E-state index is 13.8. The summed E-state index contributed by atoms with van der Waals surface area (Å²) in [6.07, 6.45) is -4.53. The van der Waals surface area contributed by atoms with E-state index in [4.69, 9.17) is 9.47 Å². The van der Waals surface area contributed by atoms with Gasteiger partial charge in [-0.05, 0) is 52.0 Å². The van der Waals surface area contributed by atoms with Crippen LogP contribution in [-0.4, -0.2) is 52.0 Å². The number of halogens is 3. The third-order valence-electron chi connectivity index (χ3n) is 6.88. The summed E-state index contributed by atoms with van der Waals surface area (Å²) >= 11 is 0.776. The molecule has 0 radical (unpaired) electrons. The van der Waals surface area contributed by atoms with E-state index in [0.717, 1.165) is 23.0 Å². The summed E-state index contributed by atoms with van der Waals surface area (Å²) in [5.41, 5.74) is -1.11. The van der Waals surface area contributed by atoms with E-state index < -0.39 is 35.1 Å². The van der Waals surface area contributed by atoms with Gasteiger partial charge in [-0.3, -0.25) is 14.9 Å². The highest BCUT2D eigenvalue weighted by atomic mass is 32.1. The number of carbonyl (C=O) groups is 3. The molecule has 212 valence electrons. The Balaban J connectivity index is 1.42. The highest BCUT2D eigenvalue weighted by Crippen LogP contribution is 2.42. The van der Waals surface area contributed by atoms with Gasteiger partial charge in [0.15, 0.2) is 5.78 Å². The lowest BCUT2D eigenvalue weighted by Gasteiger charge is -2.44. The van der Waals surface area contributed by atoms with Crippen molar-refractivity contribution in [2.45, 2.75) is 64.3 Å². The quantitative estimate of drug-likeness (QED) is 0.369. The van der Waals surface area contributed by atoms with E-state index in [9.17, 15) is 27.6 Å². The lowest BCUT2D eigenvalue weighted by Crippen LogP contribution is -2.52. The fourth-order valence-corrected chi connectivity index (χ4v) is 6.05. The fourth-order valence-electron chi connectivity index (χ4n) is 5.00. The molecule has 2 aliphatic rings. The lowest BCUT2D eigenvalue weighted by atomic mass is 9.82. The number of nitrogens with zero attached hydrogens (tertiary/aromatic N) is 2. The van der Waals surface area contributed by atoms with Gasteiger partial charge >= 0.3 is 12.3 Å². The predicted octanol–water partition coefficient (Wildman–Crippen LogP) is 6.61. The van der Waals surface area contributed by atoms with Crippen molar-refractivity contribution >= 4 is 44.3 Å². The second-order valence-corrected chi connectivity index (χ2v) is 12.2. The highest BCUT2D eigenvalue weighted by molar-refractivity contribution is 7.23. The molecular weight excluding hydrogens is 547 g/mol. The highest BCUT2D eigenvalue weighted by Gasteiger charge is 2.44. The van der Waals surface area contributed by atoms with Crippen molar-refractivity contribution in [3.63, 3.8) is 0 Å². The van der Waals surface area contributed by atoms with Crippen LogP contribution in [0.15, 0.2) is 30.3 Å². The molecule has 8 nitrogen and oxygen atoms in total. The minimum Gasteiger partial charge on any atom is -0.486 e. The Kier molecular flexibility index (Phi) is 6.80. The molecule has 2 aliphatic heterocycles. The maximum absolute atomic E-state index is 13.8. The van der Waals surface area contributed by atoms with E-state index in [1.165, 1.54) is 6.07 Å². The number of benzene rings is 1. The first-order valence-electron chi connectivity index (χ1n) is 12.8. The van der Waals surface area contributed by atoms with Crippen molar-refractivity contribution in [2.24, 2.45) is 0 Å². The minimum atomic E-state index is -4.67. The van der Waals surface area contributed by atoms with Gasteiger partial charge in [-0.2, -0.15) is 13.2 Å². The second-order valence-electron chi connectivity index (χ2n) is 11.2. The number of likely N-dealkylation sites (tertiary alicyclic amines) is 1. The summed E-state index contributed by atoms with van der Waals surface area (Å²) in [7, 11) is 0. The molecule has 12 heteroatoms. The Morgan fingerprint density at radius 3 is 2.48 bits per heavy atom. The number of fused-ring (bicyclic) bond motifs is 2. The van der Waals surface area contributed by atoms with Crippen LogP contribution in [0, 0.1) is 6.92 Å². The molecule has 5 rings (SSSR count). The molecular formula is C28H28F3N3O5S. The monoisotopic (exact) mass is 575 g/mol. The van der Waals surface area contributed by atoms with Gasteiger partial charge in [0.1, 0.15) is 32.5 Å². The van der Waals surface area contributed by atoms with Crippen LogP contribution in [0.3, 0.4) is 0 Å². The molecule has 4 heterocycles. The first-order chi connectivity index (χ1) is 18.6. The molecule has 2 amide bonds. The summed E-state index contributed by atoms with van der Waals surface area (Å²) in [6.45, 7) is 7.42. The van der Waals surface area contributed by atoms with Gasteiger partial charge in [0, 0.05) is 31.3 Å². The number of aryl methyl sites for hydroxylation is 1. The second kappa shape index (κ2) is 9.76. The molecule has 1 aromatic carbocycles. The average molecular weight is 576 g/mol. The Labute approximate surface area is 232 Å². The number of piperidine rings is 1. The van der Waals surface area contributed by atoms with E-state index in [-0.39, 0.29) is 46.1 Å². The van der Waals surface area contributed by atoms with Gasteiger partial charge in [0.2, 0.25) is 0 Å². The zero-order chi connectivity index (χ0) is 29.0. The number of ether oxygens (including phenoxy) is 2. The minimum absolute atomic E-state index is 0.0102. The number of hydrogen-bond acceptors (Lipinski definition) is 7. The predicted molar refractivity (Wildman–Crippen MR) is 143 cm³/mol. The molecule has 40 heavy (non-hydrogen) atoms. The van der Waals surface area contributed by atoms with Crippen molar-refractivity contribution < 1.29 is 37.0 Å². The van der Waals surface area contributed by atoms with E-state index >= 15 is 0 Å². The van der Waals surface area contributed by atoms with Crippen molar-refractivity contribution in [1.82, 2.24) is 9.88 Å². The molecule has 0 saturated carbocycles. The van der Waals surface area contributed by atoms with Gasteiger partial charge < -0.3 is 14.4 Å². The Morgan fingerprint density at radius 1 is 1.12 bits per heavy atom. The normalized spacial score (nSPS) is 17.0. The van der Waals surface area contributed by atoms with E-state index in [0.29, 0.717) is 24.2 Å². The number of carbonyl (C=O) groups excluding carboxylic acids is 3. The summed E-state index contributed by atoms with van der Waals surface area (Å²) < 4.78 is 51.6. The molecule has 1 spiro atoms. The molecule has 0 unspecified atom stereocenters. The van der Waals surface area contributed by atoms with E-state index in [2.05, 4.69) is 10.3 Å². The Bertz CT molecular complexity index is 1520. The maximum Gasteiger partial charge on any atom is 0.433 e. The number of anilines is 1. The molecule has 2 aromatic heterocycles. The zero-order valence-electron chi connectivity index (χ0n) is 22.4. The van der Waals surface area contributed by atoms with Crippen molar-refractivity contribution in [2.75, 3.05) is 18.4 Å². The van der Waals surface area contributed by atoms with Crippen LogP contribution in [0.1, 0.15) is 72.0 Å². The number of amides is 2. The number of ketones is 1. The zero-order valence-corrected chi connectivity index (χ0v) is 23.2. The topological polar surface area (TPSA) is 97.8 Å². The SMILES string of the molecule is Cc1ccc2c(c1)C(=O)CC1(CCN(C(=O)c3c(NC(=O)OC(C)(C)C)sc4nc(C(F)(F)F)ccc34)CC1)O2. The van der Waals surface area contributed by atoms with Crippen LogP contribution in [0.2, 0.25) is 0 Å². The number of hydrogen-bond donors (Lipinski definition) is 1. The van der Waals surface area contributed by atoms with Crippen LogP contribution in [0.5, 0.6) is 5.75 Å². The smallest absolute Gasteiger partial charge is 0.433 e. The molecule has 3 aromatic rings. The van der Waals surface area contributed by atoms with Crippen molar-refractivity contribution in [1.29, 1.82) is 0 Å². The Morgan fingerprint density at radius 2 is 1.82 bits per heavy atom. The molecule has 0 bridgehead atoms. The first kappa shape index (κ1) is 27.9. The molecule has 0 aliphatic carbocycles. The fraction of sp³-hybridized carbons (Fsp3) is 0.429. The van der Waals surface area contributed by atoms with Gasteiger partial charge in [0.05, 0.1) is 17.5 Å². The van der Waals surface area contributed by atoms with Crippen LogP contribution in [0.25, 0.3) is 10.2 Å². The standard InChI is InChI=1S/C28H28F3N3O5S/c1-15-5-7-19-17(13-15)18(35)14-27(38-19)9-11-34(12-10-27)24(36)21-16-6-8-20(28(29,30)31)32-22(16)40-23(21)33-25(37)39-26(2,3)4/h5-8,13H,9-12,14H2,1-4H3,(H,33,37). The molecule has 1 N–H and O–H groups in total. The number of alkyl halides is 3. The van der Waals surface area contributed by atoms with Crippen LogP contribution in [-0.2, 0) is 10.9 Å². The van der Waals surface area contributed by atoms with Crippen molar-refractivity contribution in [3.05, 3.63) is 52.7 Å². The first-order valence-corrected chi connectivity index (χ1v) is 13.6. The number of aromatic nitrogens is 1. The summed E-state index contributed by atoms with van der Waals surface area (Å²) in [5.74, 6) is 0.0525. The largest absolute Gasteiger partial charge is 0.486 e. The van der Waals surface area contributed by atoms with Crippen LogP contribution < -0.4 is 10.1 Å². The van der Waals surface area contributed by atoms with E-state index in [1.54, 1.807) is 31.7 Å². The van der Waals surface area contributed by atoms with Crippen molar-refractivity contribution in [3.8, 4) is 5.75 Å². The average Bonchev–Trinajstić information content (AvgIpc) is 3.19.